The number of nitrogens with zero attached hydrogens (tertiary/aromatic N) is 3. The van der Waals surface area contributed by atoms with Crippen LogP contribution in [0, 0.1) is 6.92 Å². The Balaban J connectivity index is 1.63. The van der Waals surface area contributed by atoms with Gasteiger partial charge in [0.15, 0.2) is 5.82 Å². The lowest BCUT2D eigenvalue weighted by atomic mass is 10.1. The van der Waals surface area contributed by atoms with E-state index >= 15 is 0 Å². The number of aryl methyl sites for hydroxylation is 1. The first-order chi connectivity index (χ1) is 20.2. The van der Waals surface area contributed by atoms with E-state index in [1.54, 1.807) is 30.5 Å². The highest BCUT2D eigenvalue weighted by atomic mass is 32.2. The minimum absolute atomic E-state index is 0.00684. The van der Waals surface area contributed by atoms with Crippen molar-refractivity contribution >= 4 is 38.7 Å². The molecule has 0 saturated carbocycles. The SMILES string of the molecule is CC(=O)Nc1ccc(S(=O)(=O)NC(Cc2ccccc2)c2nc3ccccc3c(=O)n2/N=C/c2cccc(C)c2)cc1. The maximum atomic E-state index is 13.8. The van der Waals surface area contributed by atoms with Crippen molar-refractivity contribution in [3.05, 3.63) is 136 Å². The molecule has 0 aliphatic carbocycles. The summed E-state index contributed by atoms with van der Waals surface area (Å²) in [5.74, 6) is -0.122. The fourth-order valence-electron chi connectivity index (χ4n) is 4.56. The van der Waals surface area contributed by atoms with Crippen molar-refractivity contribution in [3.8, 4) is 0 Å². The minimum Gasteiger partial charge on any atom is -0.326 e. The summed E-state index contributed by atoms with van der Waals surface area (Å²) in [7, 11) is -4.10. The van der Waals surface area contributed by atoms with Gasteiger partial charge in [-0.05, 0) is 60.9 Å². The quantitative estimate of drug-likeness (QED) is 0.243. The number of benzene rings is 4. The lowest BCUT2D eigenvalue weighted by Crippen LogP contribution is -2.35. The third-order valence-electron chi connectivity index (χ3n) is 6.52. The van der Waals surface area contributed by atoms with Crippen molar-refractivity contribution in [2.75, 3.05) is 5.32 Å². The molecule has 1 unspecified atom stereocenters. The van der Waals surface area contributed by atoms with Crippen molar-refractivity contribution in [1.29, 1.82) is 0 Å². The highest BCUT2D eigenvalue weighted by molar-refractivity contribution is 7.89. The average molecular weight is 580 g/mol. The molecular formula is C32H29N5O4S. The summed E-state index contributed by atoms with van der Waals surface area (Å²) in [6, 6.07) is 28.8. The van der Waals surface area contributed by atoms with Crippen LogP contribution in [0.3, 0.4) is 0 Å². The Kier molecular flexibility index (Phi) is 8.37. The molecule has 1 atom stereocenters. The van der Waals surface area contributed by atoms with Gasteiger partial charge in [-0.25, -0.2) is 18.1 Å². The number of rotatable bonds is 9. The first-order valence-corrected chi connectivity index (χ1v) is 14.7. The Hall–Kier alpha value is -4.93. The normalized spacial score (nSPS) is 12.4. The van der Waals surface area contributed by atoms with E-state index < -0.39 is 21.6 Å². The Morgan fingerprint density at radius 3 is 2.38 bits per heavy atom. The molecule has 42 heavy (non-hydrogen) atoms. The van der Waals surface area contributed by atoms with E-state index in [0.717, 1.165) is 16.7 Å². The van der Waals surface area contributed by atoms with Gasteiger partial charge in [-0.1, -0.05) is 72.3 Å². The number of anilines is 1. The number of aromatic nitrogens is 2. The second-order valence-corrected chi connectivity index (χ2v) is 11.5. The molecule has 1 aromatic heterocycles. The molecule has 0 fully saturated rings. The zero-order valence-corrected chi connectivity index (χ0v) is 23.9. The first-order valence-electron chi connectivity index (χ1n) is 13.3. The van der Waals surface area contributed by atoms with E-state index in [9.17, 15) is 18.0 Å². The summed E-state index contributed by atoms with van der Waals surface area (Å²) in [5.41, 5.74) is 3.12. The molecule has 0 saturated heterocycles. The molecule has 10 heteroatoms. The highest BCUT2D eigenvalue weighted by Crippen LogP contribution is 2.23. The fourth-order valence-corrected chi connectivity index (χ4v) is 5.76. The summed E-state index contributed by atoms with van der Waals surface area (Å²) in [5, 5.41) is 7.50. The molecule has 1 amide bonds. The van der Waals surface area contributed by atoms with Crippen molar-refractivity contribution in [3.63, 3.8) is 0 Å². The first kappa shape index (κ1) is 28.6. The van der Waals surface area contributed by atoms with Gasteiger partial charge in [-0.3, -0.25) is 9.59 Å². The summed E-state index contributed by atoms with van der Waals surface area (Å²) in [6.07, 6.45) is 1.76. The van der Waals surface area contributed by atoms with E-state index in [-0.39, 0.29) is 23.0 Å². The van der Waals surface area contributed by atoms with Crippen LogP contribution in [0.15, 0.2) is 118 Å². The Labute approximate surface area is 243 Å². The Morgan fingerprint density at radius 1 is 0.952 bits per heavy atom. The molecule has 1 heterocycles. The maximum absolute atomic E-state index is 13.8. The van der Waals surface area contributed by atoms with Gasteiger partial charge < -0.3 is 5.32 Å². The Bertz CT molecular complexity index is 1940. The number of carbonyl (C=O) groups excluding carboxylic acids is 1. The van der Waals surface area contributed by atoms with E-state index in [1.165, 1.54) is 35.9 Å². The minimum atomic E-state index is -4.10. The predicted molar refractivity (Wildman–Crippen MR) is 164 cm³/mol. The van der Waals surface area contributed by atoms with Crippen LogP contribution in [-0.2, 0) is 21.2 Å². The smallest absolute Gasteiger partial charge is 0.282 e. The van der Waals surface area contributed by atoms with Crippen LogP contribution < -0.4 is 15.6 Å². The largest absolute Gasteiger partial charge is 0.326 e. The number of hydrogen-bond acceptors (Lipinski definition) is 6. The van der Waals surface area contributed by atoms with Gasteiger partial charge in [0.1, 0.15) is 0 Å². The van der Waals surface area contributed by atoms with Crippen LogP contribution in [0.25, 0.3) is 10.9 Å². The molecule has 212 valence electrons. The van der Waals surface area contributed by atoms with Crippen LogP contribution in [-0.4, -0.2) is 30.2 Å². The summed E-state index contributed by atoms with van der Waals surface area (Å²) < 4.78 is 31.3. The van der Waals surface area contributed by atoms with Crippen LogP contribution in [0.5, 0.6) is 0 Å². The molecule has 0 radical (unpaired) electrons. The maximum Gasteiger partial charge on any atom is 0.282 e. The van der Waals surface area contributed by atoms with Crippen LogP contribution in [0.4, 0.5) is 5.69 Å². The van der Waals surface area contributed by atoms with Gasteiger partial charge in [-0.15, -0.1) is 0 Å². The average Bonchev–Trinajstić information content (AvgIpc) is 2.97. The highest BCUT2D eigenvalue weighted by Gasteiger charge is 2.27. The third-order valence-corrected chi connectivity index (χ3v) is 8.01. The molecule has 0 aliphatic rings. The van der Waals surface area contributed by atoms with Gasteiger partial charge in [0.25, 0.3) is 5.56 Å². The van der Waals surface area contributed by atoms with Crippen LogP contribution in [0.1, 0.15) is 35.5 Å². The number of para-hydroxylation sites is 1. The Morgan fingerprint density at radius 2 is 1.67 bits per heavy atom. The monoisotopic (exact) mass is 579 g/mol. The topological polar surface area (TPSA) is 123 Å². The lowest BCUT2D eigenvalue weighted by molar-refractivity contribution is -0.114. The number of amides is 1. The summed E-state index contributed by atoms with van der Waals surface area (Å²) in [6.45, 7) is 3.33. The molecule has 0 spiro atoms. The van der Waals surface area contributed by atoms with Gasteiger partial charge in [0.05, 0.1) is 28.1 Å². The molecule has 2 N–H and O–H groups in total. The van der Waals surface area contributed by atoms with Crippen molar-refractivity contribution in [1.82, 2.24) is 14.4 Å². The second kappa shape index (κ2) is 12.3. The van der Waals surface area contributed by atoms with E-state index in [4.69, 9.17) is 4.98 Å². The summed E-state index contributed by atoms with van der Waals surface area (Å²) >= 11 is 0. The molecular weight excluding hydrogens is 550 g/mol. The van der Waals surface area contributed by atoms with Gasteiger partial charge in [0, 0.05) is 12.6 Å². The third kappa shape index (κ3) is 6.68. The van der Waals surface area contributed by atoms with E-state index in [0.29, 0.717) is 16.6 Å². The van der Waals surface area contributed by atoms with Crippen molar-refractivity contribution in [2.24, 2.45) is 5.10 Å². The van der Waals surface area contributed by atoms with Gasteiger partial charge >= 0.3 is 0 Å². The van der Waals surface area contributed by atoms with Crippen LogP contribution >= 0.6 is 0 Å². The molecule has 5 aromatic rings. The number of fused-ring (bicyclic) bond motifs is 1. The van der Waals surface area contributed by atoms with Gasteiger partial charge in [0.2, 0.25) is 15.9 Å². The fraction of sp³-hybridized carbons (Fsp3) is 0.125. The van der Waals surface area contributed by atoms with Crippen molar-refractivity contribution in [2.45, 2.75) is 31.2 Å². The second-order valence-electron chi connectivity index (χ2n) is 9.83. The summed E-state index contributed by atoms with van der Waals surface area (Å²) in [4.78, 5) is 29.9. The number of sulfonamides is 1. The number of carbonyl (C=O) groups is 1. The molecule has 0 aliphatic heterocycles. The molecule has 0 bridgehead atoms. The predicted octanol–water partition coefficient (Wildman–Crippen LogP) is 4.81. The molecule has 9 nitrogen and oxygen atoms in total. The lowest BCUT2D eigenvalue weighted by Gasteiger charge is -2.21. The number of hydrogen-bond donors (Lipinski definition) is 2. The standard InChI is InChI=1S/C32H29N5O4S/c1-22-9-8-12-25(19-22)21-33-37-31(35-29-14-7-6-13-28(29)32(37)39)30(20-24-10-4-3-5-11-24)36-42(40,41)27-17-15-26(16-18-27)34-23(2)38/h3-19,21,30,36H,20H2,1-2H3,(H,34,38)/b33-21+. The van der Waals surface area contributed by atoms with Crippen LogP contribution in [0.2, 0.25) is 0 Å². The van der Waals surface area contributed by atoms with Gasteiger partial charge in [-0.2, -0.15) is 9.78 Å². The zero-order valence-electron chi connectivity index (χ0n) is 23.1. The van der Waals surface area contributed by atoms with Crippen molar-refractivity contribution < 1.29 is 13.2 Å². The molecule has 4 aromatic carbocycles. The number of nitrogens with one attached hydrogen (secondary N) is 2. The molecule has 5 rings (SSSR count). The zero-order chi connectivity index (χ0) is 29.7. The van der Waals surface area contributed by atoms with E-state index in [2.05, 4.69) is 15.1 Å². The van der Waals surface area contributed by atoms with E-state index in [1.807, 2.05) is 61.5 Å².